The van der Waals surface area contributed by atoms with E-state index in [0.717, 1.165) is 48.9 Å². The molecule has 1 spiro atoms. The van der Waals surface area contributed by atoms with Crippen LogP contribution in [0.2, 0.25) is 0 Å². The van der Waals surface area contributed by atoms with Crippen LogP contribution in [0, 0.1) is 5.92 Å². The van der Waals surface area contributed by atoms with Crippen LogP contribution in [-0.4, -0.2) is 52.4 Å². The van der Waals surface area contributed by atoms with Crippen molar-refractivity contribution in [3.63, 3.8) is 0 Å². The monoisotopic (exact) mass is 481 g/mol. The molecule has 4 aromatic rings. The number of ether oxygens (including phenoxy) is 1. The molecule has 1 unspecified atom stereocenters. The van der Waals surface area contributed by atoms with E-state index in [1.165, 1.54) is 23.4 Å². The molecule has 3 aromatic carbocycles. The van der Waals surface area contributed by atoms with E-state index in [1.807, 2.05) is 23.1 Å². The Balaban J connectivity index is 1.25. The summed E-state index contributed by atoms with van der Waals surface area (Å²) in [6, 6.07) is 23.0. The number of amides is 1. The number of methoxy groups -OCH3 is 1. The van der Waals surface area contributed by atoms with Gasteiger partial charge in [-0.1, -0.05) is 54.6 Å². The molecule has 2 saturated heterocycles. The third-order valence-electron chi connectivity index (χ3n) is 8.30. The Bertz CT molecular complexity index is 1430. The third-order valence-corrected chi connectivity index (χ3v) is 8.30. The first kappa shape index (κ1) is 22.8. The van der Waals surface area contributed by atoms with Gasteiger partial charge < -0.3 is 14.6 Å². The summed E-state index contributed by atoms with van der Waals surface area (Å²) in [5.41, 5.74) is 3.01. The van der Waals surface area contributed by atoms with Crippen LogP contribution in [0.15, 0.2) is 72.9 Å². The predicted octanol–water partition coefficient (Wildman–Crippen LogP) is 4.88. The van der Waals surface area contributed by atoms with Gasteiger partial charge in [-0.3, -0.25) is 14.5 Å². The summed E-state index contributed by atoms with van der Waals surface area (Å²) in [6.07, 6.45) is 3.84. The number of rotatable bonds is 5. The van der Waals surface area contributed by atoms with Crippen molar-refractivity contribution in [2.24, 2.45) is 5.92 Å². The summed E-state index contributed by atoms with van der Waals surface area (Å²) in [6.45, 7) is 3.02. The molecule has 2 aliphatic heterocycles. The van der Waals surface area contributed by atoms with Gasteiger partial charge in [0.05, 0.1) is 18.6 Å². The highest BCUT2D eigenvalue weighted by Crippen LogP contribution is 2.45. The highest BCUT2D eigenvalue weighted by molar-refractivity contribution is 5.89. The molecule has 6 rings (SSSR count). The van der Waals surface area contributed by atoms with Crippen molar-refractivity contribution in [3.8, 4) is 0 Å². The first-order valence-corrected chi connectivity index (χ1v) is 12.7. The van der Waals surface area contributed by atoms with E-state index in [2.05, 4.69) is 64.6 Å². The molecule has 0 saturated carbocycles. The number of hydrogen-bond acceptors (Lipinski definition) is 4. The zero-order valence-electron chi connectivity index (χ0n) is 20.6. The first-order chi connectivity index (χ1) is 17.6. The number of aromatic nitrogens is 1. The molecule has 6 heteroatoms. The van der Waals surface area contributed by atoms with Crippen molar-refractivity contribution < 1.29 is 14.3 Å². The minimum Gasteiger partial charge on any atom is -0.469 e. The second kappa shape index (κ2) is 9.10. The van der Waals surface area contributed by atoms with Gasteiger partial charge >= 0.3 is 5.97 Å². The number of likely N-dealkylation sites (tertiary alicyclic amines) is 2. The van der Waals surface area contributed by atoms with E-state index in [1.54, 1.807) is 0 Å². The number of esters is 1. The molecule has 2 fully saturated rings. The Morgan fingerprint density at radius 1 is 1.00 bits per heavy atom. The molecule has 3 heterocycles. The maximum atomic E-state index is 13.3. The SMILES string of the molecule is COC(=O)C1CC(=O)N(Cc2ccc3ccccc3c2)C12CCN(Cc1c[nH]c3ccccc13)CC2. The number of H-pyrrole nitrogens is 1. The molecule has 6 nitrogen and oxygen atoms in total. The average molecular weight is 482 g/mol. The van der Waals surface area contributed by atoms with Crippen LogP contribution in [-0.2, 0) is 27.4 Å². The molecule has 36 heavy (non-hydrogen) atoms. The van der Waals surface area contributed by atoms with Crippen LogP contribution >= 0.6 is 0 Å². The van der Waals surface area contributed by atoms with Gasteiger partial charge in [0.1, 0.15) is 0 Å². The van der Waals surface area contributed by atoms with Crippen molar-refractivity contribution in [2.45, 2.75) is 37.9 Å². The molecular weight excluding hydrogens is 450 g/mol. The summed E-state index contributed by atoms with van der Waals surface area (Å²) in [4.78, 5) is 34.0. The van der Waals surface area contributed by atoms with Crippen LogP contribution in [0.1, 0.15) is 30.4 Å². The van der Waals surface area contributed by atoms with E-state index >= 15 is 0 Å². The topological polar surface area (TPSA) is 65.6 Å². The Morgan fingerprint density at radius 2 is 1.75 bits per heavy atom. The number of aromatic amines is 1. The first-order valence-electron chi connectivity index (χ1n) is 12.7. The van der Waals surface area contributed by atoms with Gasteiger partial charge in [0.2, 0.25) is 5.91 Å². The molecule has 184 valence electrons. The average Bonchev–Trinajstić information content (AvgIpc) is 3.44. The fourth-order valence-electron chi connectivity index (χ4n) is 6.34. The van der Waals surface area contributed by atoms with E-state index in [-0.39, 0.29) is 18.3 Å². The lowest BCUT2D eigenvalue weighted by Crippen LogP contribution is -2.57. The van der Waals surface area contributed by atoms with Crippen molar-refractivity contribution >= 4 is 33.6 Å². The van der Waals surface area contributed by atoms with Gasteiger partial charge in [0.25, 0.3) is 0 Å². The van der Waals surface area contributed by atoms with Crippen LogP contribution in [0.4, 0.5) is 0 Å². The summed E-state index contributed by atoms with van der Waals surface area (Å²) in [5.74, 6) is -0.649. The molecule has 0 bridgehead atoms. The molecule has 1 atom stereocenters. The lowest BCUT2D eigenvalue weighted by molar-refractivity contribution is -0.150. The van der Waals surface area contributed by atoms with E-state index in [4.69, 9.17) is 4.74 Å². The summed E-state index contributed by atoms with van der Waals surface area (Å²) in [7, 11) is 1.43. The van der Waals surface area contributed by atoms with Crippen molar-refractivity contribution in [2.75, 3.05) is 20.2 Å². The minimum atomic E-state index is -0.507. The zero-order valence-corrected chi connectivity index (χ0v) is 20.6. The predicted molar refractivity (Wildman–Crippen MR) is 140 cm³/mol. The molecule has 1 amide bonds. The van der Waals surface area contributed by atoms with Crippen molar-refractivity contribution in [3.05, 3.63) is 84.1 Å². The molecule has 1 N–H and O–H groups in total. The van der Waals surface area contributed by atoms with E-state index in [0.29, 0.717) is 6.54 Å². The number of carbonyl (C=O) groups excluding carboxylic acids is 2. The highest BCUT2D eigenvalue weighted by atomic mass is 16.5. The molecule has 0 radical (unpaired) electrons. The van der Waals surface area contributed by atoms with Gasteiger partial charge in [0, 0.05) is 49.7 Å². The Morgan fingerprint density at radius 3 is 2.56 bits per heavy atom. The normalized spacial score (nSPS) is 20.0. The van der Waals surface area contributed by atoms with Crippen molar-refractivity contribution in [1.29, 1.82) is 0 Å². The largest absolute Gasteiger partial charge is 0.469 e. The van der Waals surface area contributed by atoms with E-state index in [9.17, 15) is 9.59 Å². The van der Waals surface area contributed by atoms with Crippen molar-refractivity contribution in [1.82, 2.24) is 14.8 Å². The Hall–Kier alpha value is -3.64. The van der Waals surface area contributed by atoms with Gasteiger partial charge in [-0.25, -0.2) is 0 Å². The van der Waals surface area contributed by atoms with Gasteiger partial charge in [-0.15, -0.1) is 0 Å². The standard InChI is InChI=1S/C30H31N3O3/c1-36-29(35)26-17-28(34)33(19-21-10-11-22-6-2-3-7-23(22)16-21)30(26)12-14-32(15-13-30)20-24-18-31-27-9-5-4-8-25(24)27/h2-11,16,18,26,31H,12-15,17,19-20H2,1H3. The quantitative estimate of drug-likeness (QED) is 0.413. The summed E-state index contributed by atoms with van der Waals surface area (Å²) >= 11 is 0. The van der Waals surface area contributed by atoms with Gasteiger partial charge in [-0.05, 0) is 46.9 Å². The number of nitrogens with one attached hydrogen (secondary N) is 1. The second-order valence-corrected chi connectivity index (χ2v) is 10.2. The fourth-order valence-corrected chi connectivity index (χ4v) is 6.34. The number of hydrogen-bond donors (Lipinski definition) is 1. The molecule has 1 aromatic heterocycles. The summed E-state index contributed by atoms with van der Waals surface area (Å²) in [5, 5.41) is 3.59. The number of benzene rings is 3. The molecular formula is C30H31N3O3. The van der Waals surface area contributed by atoms with Crippen LogP contribution < -0.4 is 0 Å². The molecule has 0 aliphatic carbocycles. The summed E-state index contributed by atoms with van der Waals surface area (Å²) < 4.78 is 5.19. The third kappa shape index (κ3) is 3.86. The smallest absolute Gasteiger partial charge is 0.311 e. The number of piperidine rings is 1. The number of para-hydroxylation sites is 1. The highest BCUT2D eigenvalue weighted by Gasteiger charge is 2.56. The van der Waals surface area contributed by atoms with Crippen LogP contribution in [0.5, 0.6) is 0 Å². The zero-order chi connectivity index (χ0) is 24.7. The lowest BCUT2D eigenvalue weighted by atomic mass is 9.76. The van der Waals surface area contributed by atoms with Crippen LogP contribution in [0.3, 0.4) is 0 Å². The molecule has 2 aliphatic rings. The maximum absolute atomic E-state index is 13.3. The Kier molecular flexibility index (Phi) is 5.76. The lowest BCUT2D eigenvalue weighted by Gasteiger charge is -2.47. The second-order valence-electron chi connectivity index (χ2n) is 10.2. The fraction of sp³-hybridized carbons (Fsp3) is 0.333. The minimum absolute atomic E-state index is 0.0450. The van der Waals surface area contributed by atoms with Gasteiger partial charge in [0.15, 0.2) is 0 Å². The van der Waals surface area contributed by atoms with Gasteiger partial charge in [-0.2, -0.15) is 0 Å². The number of nitrogens with zero attached hydrogens (tertiary/aromatic N) is 2. The number of fused-ring (bicyclic) bond motifs is 2. The van der Waals surface area contributed by atoms with E-state index < -0.39 is 11.5 Å². The maximum Gasteiger partial charge on any atom is 0.311 e. The Labute approximate surface area is 210 Å². The van der Waals surface area contributed by atoms with Crippen LogP contribution in [0.25, 0.3) is 21.7 Å². The number of carbonyl (C=O) groups is 2.